The largest absolute Gasteiger partial charge is 0.508 e. The van der Waals surface area contributed by atoms with Crippen molar-refractivity contribution in [1.29, 1.82) is 0 Å². The predicted octanol–water partition coefficient (Wildman–Crippen LogP) is 3.50. The molecule has 0 aliphatic carbocycles. The summed E-state index contributed by atoms with van der Waals surface area (Å²) in [6.07, 6.45) is 0. The van der Waals surface area contributed by atoms with Gasteiger partial charge >= 0.3 is 0 Å². The lowest BCUT2D eigenvalue weighted by Crippen LogP contribution is -2.09. The molecule has 0 saturated carbocycles. The van der Waals surface area contributed by atoms with E-state index in [9.17, 15) is 19.8 Å². The summed E-state index contributed by atoms with van der Waals surface area (Å²) in [4.78, 5) is 24.7. The molecule has 0 aromatic heterocycles. The Kier molecular flexibility index (Phi) is 4.41. The number of benzene rings is 2. The maximum absolute atomic E-state index is 12.4. The minimum absolute atomic E-state index is 0.0788. The number of hydrogen-bond acceptors (Lipinski definition) is 4. The average Bonchev–Trinajstić information content (AvgIpc) is 2.53. The van der Waals surface area contributed by atoms with E-state index in [1.165, 1.54) is 48.5 Å². The number of hydrogen-bond donors (Lipinski definition) is 2. The highest BCUT2D eigenvalue weighted by atomic mass is 16.3. The van der Waals surface area contributed by atoms with Gasteiger partial charge in [-0.3, -0.25) is 9.59 Å². The summed E-state index contributed by atoms with van der Waals surface area (Å²) in [6, 6.07) is 11.8. The summed E-state index contributed by atoms with van der Waals surface area (Å²) in [5.41, 5.74) is 1.52. The Morgan fingerprint density at radius 1 is 0.636 bits per heavy atom. The zero-order valence-electron chi connectivity index (χ0n) is 12.3. The highest BCUT2D eigenvalue weighted by molar-refractivity contribution is 6.17. The molecule has 22 heavy (non-hydrogen) atoms. The Morgan fingerprint density at radius 3 is 1.18 bits per heavy atom. The van der Waals surface area contributed by atoms with Crippen LogP contribution < -0.4 is 0 Å². The summed E-state index contributed by atoms with van der Waals surface area (Å²) >= 11 is 0. The first kappa shape index (κ1) is 15.5. The van der Waals surface area contributed by atoms with E-state index in [1.807, 2.05) is 0 Å². The van der Waals surface area contributed by atoms with E-state index in [4.69, 9.17) is 0 Å². The number of rotatable bonds is 4. The zero-order valence-corrected chi connectivity index (χ0v) is 12.3. The van der Waals surface area contributed by atoms with Gasteiger partial charge in [-0.05, 0) is 62.4 Å². The number of carbonyl (C=O) groups excluding carboxylic acids is 2. The van der Waals surface area contributed by atoms with Crippen LogP contribution in [0.4, 0.5) is 0 Å². The number of carbonyl (C=O) groups is 2. The quantitative estimate of drug-likeness (QED) is 0.669. The molecule has 4 heteroatoms. The predicted molar refractivity (Wildman–Crippen MR) is 83.2 cm³/mol. The van der Waals surface area contributed by atoms with Crippen molar-refractivity contribution >= 4 is 11.6 Å². The molecule has 4 nitrogen and oxygen atoms in total. The summed E-state index contributed by atoms with van der Waals surface area (Å²) in [6.45, 7) is 3.20. The lowest BCUT2D eigenvalue weighted by Gasteiger charge is -2.07. The number of phenols is 2. The van der Waals surface area contributed by atoms with Gasteiger partial charge in [-0.15, -0.1) is 0 Å². The Labute approximate surface area is 128 Å². The lowest BCUT2D eigenvalue weighted by atomic mass is 9.95. The monoisotopic (exact) mass is 296 g/mol. The molecule has 0 amide bonds. The normalized spacial score (nSPS) is 11.7. The number of Topliss-reactive ketones (excluding diaryl/α,β-unsaturated/α-hetero) is 2. The van der Waals surface area contributed by atoms with Gasteiger partial charge < -0.3 is 10.2 Å². The van der Waals surface area contributed by atoms with Crippen molar-refractivity contribution in [3.05, 3.63) is 70.8 Å². The molecule has 0 saturated heterocycles. The van der Waals surface area contributed by atoms with Crippen LogP contribution in [0.15, 0.2) is 59.7 Å². The molecule has 0 bridgehead atoms. The Balaban J connectivity index is 2.31. The van der Waals surface area contributed by atoms with Gasteiger partial charge in [-0.2, -0.15) is 0 Å². The van der Waals surface area contributed by atoms with Crippen molar-refractivity contribution in [2.45, 2.75) is 13.8 Å². The molecule has 0 fully saturated rings. The van der Waals surface area contributed by atoms with Gasteiger partial charge in [0.25, 0.3) is 0 Å². The second-order valence-electron chi connectivity index (χ2n) is 5.00. The van der Waals surface area contributed by atoms with Crippen LogP contribution in [0.5, 0.6) is 11.5 Å². The first-order valence-electron chi connectivity index (χ1n) is 6.75. The van der Waals surface area contributed by atoms with E-state index in [-0.39, 0.29) is 23.1 Å². The minimum atomic E-state index is -0.260. The van der Waals surface area contributed by atoms with Gasteiger partial charge in [0.05, 0.1) is 0 Å². The van der Waals surface area contributed by atoms with Crippen LogP contribution in [0.2, 0.25) is 0 Å². The molecule has 2 aromatic rings. The molecule has 2 aromatic carbocycles. The molecule has 0 spiro atoms. The van der Waals surface area contributed by atoms with Crippen LogP contribution in [0, 0.1) is 0 Å². The first-order valence-corrected chi connectivity index (χ1v) is 6.75. The molecular weight excluding hydrogens is 280 g/mol. The zero-order chi connectivity index (χ0) is 16.3. The van der Waals surface area contributed by atoms with Crippen molar-refractivity contribution in [1.82, 2.24) is 0 Å². The van der Waals surface area contributed by atoms with E-state index < -0.39 is 0 Å². The third-order valence-corrected chi connectivity index (χ3v) is 3.50. The fourth-order valence-corrected chi connectivity index (χ4v) is 2.00. The van der Waals surface area contributed by atoms with E-state index in [0.717, 1.165) is 0 Å². The van der Waals surface area contributed by atoms with E-state index in [2.05, 4.69) is 0 Å². The lowest BCUT2D eigenvalue weighted by molar-refractivity contribution is 0.0999. The summed E-state index contributed by atoms with van der Waals surface area (Å²) in [5, 5.41) is 18.5. The Morgan fingerprint density at radius 2 is 0.909 bits per heavy atom. The van der Waals surface area contributed by atoms with E-state index >= 15 is 0 Å². The van der Waals surface area contributed by atoms with Crippen LogP contribution >= 0.6 is 0 Å². The van der Waals surface area contributed by atoms with Crippen molar-refractivity contribution in [3.8, 4) is 11.5 Å². The van der Waals surface area contributed by atoms with Crippen LogP contribution in [0.1, 0.15) is 34.6 Å². The molecule has 0 atom stereocenters. The summed E-state index contributed by atoms with van der Waals surface area (Å²) in [7, 11) is 0. The first-order chi connectivity index (χ1) is 10.4. The summed E-state index contributed by atoms with van der Waals surface area (Å²) < 4.78 is 0. The molecule has 112 valence electrons. The van der Waals surface area contributed by atoms with Crippen molar-refractivity contribution < 1.29 is 19.8 Å². The minimum Gasteiger partial charge on any atom is -0.508 e. The second-order valence-corrected chi connectivity index (χ2v) is 5.00. The van der Waals surface area contributed by atoms with Crippen LogP contribution in [0.25, 0.3) is 0 Å². The fourth-order valence-electron chi connectivity index (χ4n) is 2.00. The van der Waals surface area contributed by atoms with Crippen molar-refractivity contribution in [2.75, 3.05) is 0 Å². The average molecular weight is 296 g/mol. The maximum Gasteiger partial charge on any atom is 0.189 e. The smallest absolute Gasteiger partial charge is 0.189 e. The summed E-state index contributed by atoms with van der Waals surface area (Å²) in [5.74, 6) is -0.362. The topological polar surface area (TPSA) is 74.6 Å². The van der Waals surface area contributed by atoms with E-state index in [1.54, 1.807) is 13.8 Å². The van der Waals surface area contributed by atoms with Crippen LogP contribution in [0.3, 0.4) is 0 Å². The Bertz CT molecular complexity index is 672. The van der Waals surface area contributed by atoms with Crippen molar-refractivity contribution in [3.63, 3.8) is 0 Å². The second kappa shape index (κ2) is 6.26. The molecule has 2 rings (SSSR count). The molecule has 2 N–H and O–H groups in total. The van der Waals surface area contributed by atoms with Gasteiger partial charge in [0.1, 0.15) is 11.5 Å². The molecule has 0 unspecified atom stereocenters. The standard InChI is InChI=1S/C18H16O4/c1-11(17(21)13-3-7-15(19)8-4-13)12(2)18(22)14-5-9-16(20)10-6-14/h3-10,19-20H,1-2H3/b12-11+. The van der Waals surface area contributed by atoms with E-state index in [0.29, 0.717) is 22.3 Å². The highest BCUT2D eigenvalue weighted by Crippen LogP contribution is 2.19. The van der Waals surface area contributed by atoms with Crippen molar-refractivity contribution in [2.24, 2.45) is 0 Å². The fraction of sp³-hybridized carbons (Fsp3) is 0.111. The molecule has 0 heterocycles. The van der Waals surface area contributed by atoms with Gasteiger partial charge in [-0.1, -0.05) is 0 Å². The number of phenolic OH excluding ortho intramolecular Hbond substituents is 2. The van der Waals surface area contributed by atoms with Gasteiger partial charge in [0.15, 0.2) is 11.6 Å². The molecule has 0 aliphatic heterocycles. The number of allylic oxidation sites excluding steroid dienone is 2. The maximum atomic E-state index is 12.4. The number of aromatic hydroxyl groups is 2. The van der Waals surface area contributed by atoms with Gasteiger partial charge in [0.2, 0.25) is 0 Å². The third-order valence-electron chi connectivity index (χ3n) is 3.50. The molecular formula is C18H16O4. The third kappa shape index (κ3) is 3.23. The highest BCUT2D eigenvalue weighted by Gasteiger charge is 2.16. The number of ketones is 2. The SMILES string of the molecule is C/C(C(=O)c1ccc(O)cc1)=C(/C)C(=O)c1ccc(O)cc1. The van der Waals surface area contributed by atoms with Gasteiger partial charge in [-0.25, -0.2) is 0 Å². The van der Waals surface area contributed by atoms with Gasteiger partial charge in [0, 0.05) is 22.3 Å². The Hall–Kier alpha value is -2.88. The van der Waals surface area contributed by atoms with Crippen LogP contribution in [-0.4, -0.2) is 21.8 Å². The molecule has 0 radical (unpaired) electrons. The molecule has 0 aliphatic rings. The van der Waals surface area contributed by atoms with Crippen LogP contribution in [-0.2, 0) is 0 Å².